The fourth-order valence-electron chi connectivity index (χ4n) is 3.68. The van der Waals surface area contributed by atoms with Gasteiger partial charge in [-0.25, -0.2) is 4.79 Å². The van der Waals surface area contributed by atoms with Crippen molar-refractivity contribution in [3.63, 3.8) is 0 Å². The van der Waals surface area contributed by atoms with Crippen molar-refractivity contribution in [3.05, 3.63) is 65.7 Å². The zero-order valence-electron chi connectivity index (χ0n) is 15.4. The topological polar surface area (TPSA) is 78.0 Å². The second kappa shape index (κ2) is 6.92. The fraction of sp³-hybridized carbons (Fsp3) is 0.238. The fourth-order valence-corrected chi connectivity index (χ4v) is 3.68. The first-order valence-corrected chi connectivity index (χ1v) is 9.15. The van der Waals surface area contributed by atoms with E-state index in [2.05, 4.69) is 0 Å². The number of rotatable bonds is 5. The quantitative estimate of drug-likeness (QED) is 0.593. The number of carbonyl (C=O) groups is 4. The second-order valence-corrected chi connectivity index (χ2v) is 6.82. The lowest BCUT2D eigenvalue weighted by Gasteiger charge is -2.19. The van der Waals surface area contributed by atoms with Crippen LogP contribution in [0.5, 0.6) is 0 Å². The number of benzene rings is 2. The molecule has 2 aliphatic heterocycles. The number of carbonyl (C=O) groups excluding carboxylic acids is 4. The summed E-state index contributed by atoms with van der Waals surface area (Å²) < 4.78 is 0. The molecule has 2 aromatic carbocycles. The summed E-state index contributed by atoms with van der Waals surface area (Å²) >= 11 is 0. The van der Waals surface area contributed by atoms with E-state index in [4.69, 9.17) is 0 Å². The van der Waals surface area contributed by atoms with Gasteiger partial charge in [-0.2, -0.15) is 0 Å². The Balaban J connectivity index is 1.42. The first-order chi connectivity index (χ1) is 13.5. The molecule has 0 aliphatic carbocycles. The van der Waals surface area contributed by atoms with E-state index in [0.717, 1.165) is 0 Å². The van der Waals surface area contributed by atoms with Crippen molar-refractivity contribution in [1.29, 1.82) is 0 Å². The number of urea groups is 1. The van der Waals surface area contributed by atoms with Crippen LogP contribution in [0.2, 0.25) is 0 Å². The van der Waals surface area contributed by atoms with Crippen LogP contribution in [0, 0.1) is 0 Å². The molecule has 0 aromatic heterocycles. The Morgan fingerprint density at radius 1 is 0.750 bits per heavy atom. The Hall–Kier alpha value is -3.48. The monoisotopic (exact) mass is 377 g/mol. The zero-order valence-corrected chi connectivity index (χ0v) is 15.4. The Labute approximate surface area is 162 Å². The largest absolute Gasteiger partial charge is 0.331 e. The number of anilines is 1. The summed E-state index contributed by atoms with van der Waals surface area (Å²) in [7, 11) is 0. The SMILES string of the molecule is CC1C(=O)N(CCCN2C(=O)c3ccccc3C2=O)C(=O)N1c1ccccc1. The molecule has 1 atom stereocenters. The molecule has 7 heteroatoms. The van der Waals surface area contributed by atoms with Gasteiger partial charge in [-0.3, -0.25) is 29.1 Å². The first-order valence-electron chi connectivity index (χ1n) is 9.15. The molecule has 1 saturated heterocycles. The summed E-state index contributed by atoms with van der Waals surface area (Å²) in [5.74, 6) is -0.950. The lowest BCUT2D eigenvalue weighted by atomic mass is 10.1. The third kappa shape index (κ3) is 2.76. The molecule has 2 heterocycles. The molecule has 2 aromatic rings. The highest BCUT2D eigenvalue weighted by Crippen LogP contribution is 2.26. The van der Waals surface area contributed by atoms with Crippen molar-refractivity contribution >= 4 is 29.4 Å². The van der Waals surface area contributed by atoms with Gasteiger partial charge in [0.25, 0.3) is 17.7 Å². The van der Waals surface area contributed by atoms with Crippen LogP contribution < -0.4 is 4.90 Å². The number of hydrogen-bond donors (Lipinski definition) is 0. The van der Waals surface area contributed by atoms with Gasteiger partial charge in [0, 0.05) is 18.8 Å². The van der Waals surface area contributed by atoms with Gasteiger partial charge in [-0.15, -0.1) is 0 Å². The maximum atomic E-state index is 12.7. The summed E-state index contributed by atoms with van der Waals surface area (Å²) in [5.41, 5.74) is 1.45. The molecule has 1 unspecified atom stereocenters. The summed E-state index contributed by atoms with van der Waals surface area (Å²) in [6, 6.07) is 14.7. The highest BCUT2D eigenvalue weighted by molar-refractivity contribution is 6.21. The molecule has 0 radical (unpaired) electrons. The highest BCUT2D eigenvalue weighted by Gasteiger charge is 2.43. The summed E-state index contributed by atoms with van der Waals surface area (Å²) in [4.78, 5) is 53.9. The van der Waals surface area contributed by atoms with Crippen LogP contribution in [0.15, 0.2) is 54.6 Å². The average molecular weight is 377 g/mol. The third-order valence-electron chi connectivity index (χ3n) is 5.12. The van der Waals surface area contributed by atoms with E-state index in [0.29, 0.717) is 23.2 Å². The number of nitrogens with zero attached hydrogens (tertiary/aromatic N) is 3. The van der Waals surface area contributed by atoms with Crippen molar-refractivity contribution in [2.24, 2.45) is 0 Å². The standard InChI is InChI=1S/C21H19N3O4/c1-14-18(25)23(21(28)24(14)15-8-3-2-4-9-15)13-7-12-22-19(26)16-10-5-6-11-17(16)20(22)27/h2-6,8-11,14H,7,12-13H2,1H3. The van der Waals surface area contributed by atoms with E-state index in [1.165, 1.54) is 14.7 Å². The molecule has 0 spiro atoms. The lowest BCUT2D eigenvalue weighted by Crippen LogP contribution is -2.37. The summed E-state index contributed by atoms with van der Waals surface area (Å²) in [6.45, 7) is 2.00. The van der Waals surface area contributed by atoms with E-state index in [9.17, 15) is 19.2 Å². The minimum absolute atomic E-state index is 0.152. The van der Waals surface area contributed by atoms with Crippen molar-refractivity contribution in [1.82, 2.24) is 9.80 Å². The number of para-hydroxylation sites is 1. The number of amides is 5. The van der Waals surface area contributed by atoms with Crippen molar-refractivity contribution in [2.45, 2.75) is 19.4 Å². The molecular formula is C21H19N3O4. The molecule has 5 amide bonds. The van der Waals surface area contributed by atoms with Crippen LogP contribution in [-0.4, -0.2) is 52.7 Å². The van der Waals surface area contributed by atoms with Gasteiger partial charge >= 0.3 is 6.03 Å². The van der Waals surface area contributed by atoms with E-state index in [1.807, 2.05) is 18.2 Å². The Morgan fingerprint density at radius 2 is 1.29 bits per heavy atom. The minimum atomic E-state index is -0.589. The molecule has 2 aliphatic rings. The van der Waals surface area contributed by atoms with Crippen LogP contribution in [0.3, 0.4) is 0 Å². The molecule has 0 N–H and O–H groups in total. The Morgan fingerprint density at radius 3 is 1.89 bits per heavy atom. The summed E-state index contributed by atoms with van der Waals surface area (Å²) in [5, 5.41) is 0. The third-order valence-corrected chi connectivity index (χ3v) is 5.12. The number of fused-ring (bicyclic) bond motifs is 1. The van der Waals surface area contributed by atoms with Crippen LogP contribution >= 0.6 is 0 Å². The summed E-state index contributed by atoms with van der Waals surface area (Å²) in [6.07, 6.45) is 0.332. The van der Waals surface area contributed by atoms with Crippen molar-refractivity contribution < 1.29 is 19.2 Å². The highest BCUT2D eigenvalue weighted by atomic mass is 16.2. The molecule has 7 nitrogen and oxygen atoms in total. The maximum absolute atomic E-state index is 12.7. The lowest BCUT2D eigenvalue weighted by molar-refractivity contribution is -0.126. The second-order valence-electron chi connectivity index (χ2n) is 6.82. The first kappa shape index (κ1) is 17.9. The molecule has 4 rings (SSSR count). The normalized spacial score (nSPS) is 19.0. The average Bonchev–Trinajstić information content (AvgIpc) is 3.08. The molecule has 0 bridgehead atoms. The van der Waals surface area contributed by atoms with E-state index < -0.39 is 6.04 Å². The zero-order chi connectivity index (χ0) is 19.8. The van der Waals surface area contributed by atoms with Gasteiger partial charge < -0.3 is 0 Å². The smallest absolute Gasteiger partial charge is 0.282 e. The molecule has 1 fully saturated rings. The van der Waals surface area contributed by atoms with Crippen LogP contribution in [0.25, 0.3) is 0 Å². The molecule has 142 valence electrons. The maximum Gasteiger partial charge on any atom is 0.331 e. The van der Waals surface area contributed by atoms with Gasteiger partial charge in [-0.1, -0.05) is 30.3 Å². The van der Waals surface area contributed by atoms with Crippen LogP contribution in [-0.2, 0) is 4.79 Å². The predicted molar refractivity (Wildman–Crippen MR) is 102 cm³/mol. The van der Waals surface area contributed by atoms with Gasteiger partial charge in [0.05, 0.1) is 11.1 Å². The molecular weight excluding hydrogens is 358 g/mol. The molecule has 28 heavy (non-hydrogen) atoms. The van der Waals surface area contributed by atoms with Crippen LogP contribution in [0.4, 0.5) is 10.5 Å². The van der Waals surface area contributed by atoms with Crippen molar-refractivity contribution in [3.8, 4) is 0 Å². The predicted octanol–water partition coefficient (Wildman–Crippen LogP) is 2.53. The van der Waals surface area contributed by atoms with Crippen LogP contribution in [0.1, 0.15) is 34.1 Å². The Kier molecular flexibility index (Phi) is 4.43. The molecule has 0 saturated carbocycles. The van der Waals surface area contributed by atoms with Crippen molar-refractivity contribution in [2.75, 3.05) is 18.0 Å². The minimum Gasteiger partial charge on any atom is -0.282 e. The van der Waals surface area contributed by atoms with Gasteiger partial charge in [-0.05, 0) is 37.6 Å². The Bertz CT molecular complexity index is 938. The van der Waals surface area contributed by atoms with E-state index in [1.54, 1.807) is 43.3 Å². The number of imide groups is 2. The van der Waals surface area contributed by atoms with E-state index >= 15 is 0 Å². The van der Waals surface area contributed by atoms with Gasteiger partial charge in [0.1, 0.15) is 6.04 Å². The van der Waals surface area contributed by atoms with Gasteiger partial charge in [0.15, 0.2) is 0 Å². The van der Waals surface area contributed by atoms with Gasteiger partial charge in [0.2, 0.25) is 0 Å². The number of hydrogen-bond acceptors (Lipinski definition) is 4. The van der Waals surface area contributed by atoms with E-state index in [-0.39, 0.29) is 36.8 Å².